The predicted octanol–water partition coefficient (Wildman–Crippen LogP) is 3.81. The van der Waals surface area contributed by atoms with E-state index in [1.54, 1.807) is 6.08 Å². The minimum absolute atomic E-state index is 0.0344. The van der Waals surface area contributed by atoms with Crippen LogP contribution in [0.15, 0.2) is 28.0 Å². The first-order chi connectivity index (χ1) is 15.2. The average molecular weight is 447 g/mol. The lowest BCUT2D eigenvalue weighted by Gasteiger charge is -2.28. The second-order valence-electron chi connectivity index (χ2n) is 8.53. The van der Waals surface area contributed by atoms with Crippen molar-refractivity contribution in [3.63, 3.8) is 0 Å². The van der Waals surface area contributed by atoms with Crippen molar-refractivity contribution in [3.05, 3.63) is 23.0 Å². The van der Waals surface area contributed by atoms with Crippen molar-refractivity contribution in [3.8, 4) is 0 Å². The summed E-state index contributed by atoms with van der Waals surface area (Å²) in [4.78, 5) is 56.0. The van der Waals surface area contributed by atoms with Crippen molar-refractivity contribution in [2.45, 2.75) is 90.5 Å². The highest BCUT2D eigenvalue weighted by atomic mass is 16.4. The molecule has 0 aromatic rings. The highest BCUT2D eigenvalue weighted by Gasteiger charge is 2.66. The van der Waals surface area contributed by atoms with E-state index in [0.29, 0.717) is 25.0 Å². The standard InChI is InChI=1S/C24H34N2O6/c1-4-7-9-11-17(27)23(18(28)12-10-8-5-2)15-24(21(29)30,22(31)32)26-20(23)19-16(6-3)13-14-25-19/h13-14,26H,4-12,15H2,1-3H3,(H,29,30)(H,31,32). The lowest BCUT2D eigenvalue weighted by Crippen LogP contribution is -2.54. The van der Waals surface area contributed by atoms with Crippen LogP contribution in [0.3, 0.4) is 0 Å². The van der Waals surface area contributed by atoms with Crippen LogP contribution in [0.2, 0.25) is 0 Å². The molecule has 8 nitrogen and oxygen atoms in total. The van der Waals surface area contributed by atoms with E-state index in [9.17, 15) is 29.4 Å². The number of hydrogen-bond donors (Lipinski definition) is 3. The molecule has 0 radical (unpaired) electrons. The molecule has 1 saturated heterocycles. The van der Waals surface area contributed by atoms with E-state index in [1.807, 2.05) is 20.8 Å². The molecule has 8 heteroatoms. The van der Waals surface area contributed by atoms with Crippen molar-refractivity contribution in [1.29, 1.82) is 0 Å². The molecule has 2 aliphatic heterocycles. The van der Waals surface area contributed by atoms with Gasteiger partial charge in [-0.05, 0) is 30.9 Å². The normalized spacial score (nSPS) is 20.7. The molecular weight excluding hydrogens is 412 g/mol. The summed E-state index contributed by atoms with van der Waals surface area (Å²) in [7, 11) is 0. The smallest absolute Gasteiger partial charge is 0.341 e. The number of carbonyl (C=O) groups is 4. The van der Waals surface area contributed by atoms with Gasteiger partial charge in [0.1, 0.15) is 5.41 Å². The first-order valence-corrected chi connectivity index (χ1v) is 11.5. The predicted molar refractivity (Wildman–Crippen MR) is 120 cm³/mol. The maximum Gasteiger partial charge on any atom is 0.341 e. The fourth-order valence-corrected chi connectivity index (χ4v) is 4.46. The Kier molecular flexibility index (Phi) is 8.52. The number of carboxylic acids is 2. The van der Waals surface area contributed by atoms with Gasteiger partial charge in [0.25, 0.3) is 0 Å². The number of aliphatic imine (C=N–C) groups is 1. The number of nitrogens with zero attached hydrogens (tertiary/aromatic N) is 1. The molecule has 1 fully saturated rings. The Labute approximate surface area is 188 Å². The second-order valence-corrected chi connectivity index (χ2v) is 8.53. The van der Waals surface area contributed by atoms with E-state index in [4.69, 9.17) is 0 Å². The number of carboxylic acid groups (broad SMARTS) is 2. The Morgan fingerprint density at radius 3 is 1.91 bits per heavy atom. The van der Waals surface area contributed by atoms with Crippen LogP contribution in [0.25, 0.3) is 0 Å². The van der Waals surface area contributed by atoms with Gasteiger partial charge in [0, 0.05) is 25.5 Å². The Balaban J connectivity index is 2.72. The first kappa shape index (κ1) is 25.5. The number of carbonyl (C=O) groups excluding carboxylic acids is 2. The van der Waals surface area contributed by atoms with E-state index in [0.717, 1.165) is 31.3 Å². The van der Waals surface area contributed by atoms with Crippen LogP contribution < -0.4 is 5.32 Å². The van der Waals surface area contributed by atoms with Crippen LogP contribution in [0, 0.1) is 5.41 Å². The molecule has 2 heterocycles. The molecule has 2 aliphatic rings. The second kappa shape index (κ2) is 10.7. The van der Waals surface area contributed by atoms with E-state index in [2.05, 4.69) is 10.3 Å². The van der Waals surface area contributed by atoms with Gasteiger partial charge in [-0.1, -0.05) is 46.5 Å². The van der Waals surface area contributed by atoms with Crippen LogP contribution >= 0.6 is 0 Å². The van der Waals surface area contributed by atoms with Crippen LogP contribution in [0.1, 0.15) is 85.0 Å². The summed E-state index contributed by atoms with van der Waals surface area (Å²) in [5.74, 6) is -4.11. The summed E-state index contributed by atoms with van der Waals surface area (Å²) in [5.41, 5.74) is -3.26. The lowest BCUT2D eigenvalue weighted by atomic mass is 9.69. The summed E-state index contributed by atoms with van der Waals surface area (Å²) in [6.45, 7) is 5.86. The molecule has 0 aromatic carbocycles. The summed E-state index contributed by atoms with van der Waals surface area (Å²) < 4.78 is 0. The van der Waals surface area contributed by atoms with Gasteiger partial charge in [-0.3, -0.25) is 14.6 Å². The Morgan fingerprint density at radius 2 is 1.47 bits per heavy atom. The van der Waals surface area contributed by atoms with Gasteiger partial charge in [-0.2, -0.15) is 0 Å². The molecule has 0 unspecified atom stereocenters. The van der Waals surface area contributed by atoms with Crippen molar-refractivity contribution >= 4 is 29.7 Å². The molecule has 2 rings (SSSR count). The summed E-state index contributed by atoms with van der Waals surface area (Å²) in [5, 5.41) is 22.4. The fraction of sp³-hybridized carbons (Fsp3) is 0.625. The molecule has 0 aromatic heterocycles. The number of unbranched alkanes of at least 4 members (excludes halogenated alkanes) is 4. The third-order valence-corrected chi connectivity index (χ3v) is 6.39. The van der Waals surface area contributed by atoms with Gasteiger partial charge in [0.05, 0.1) is 11.4 Å². The van der Waals surface area contributed by atoms with E-state index < -0.39 is 40.9 Å². The fourth-order valence-electron chi connectivity index (χ4n) is 4.46. The van der Waals surface area contributed by atoms with Crippen molar-refractivity contribution < 1.29 is 29.4 Å². The third-order valence-electron chi connectivity index (χ3n) is 6.39. The zero-order chi connectivity index (χ0) is 23.9. The zero-order valence-electron chi connectivity index (χ0n) is 19.2. The van der Waals surface area contributed by atoms with Gasteiger partial charge in [-0.15, -0.1) is 0 Å². The molecular formula is C24H34N2O6. The van der Waals surface area contributed by atoms with Crippen molar-refractivity contribution in [1.82, 2.24) is 5.32 Å². The average Bonchev–Trinajstić information content (AvgIpc) is 3.37. The first-order valence-electron chi connectivity index (χ1n) is 11.5. The number of nitrogens with one attached hydrogen (secondary N) is 1. The minimum atomic E-state index is -2.47. The summed E-state index contributed by atoms with van der Waals surface area (Å²) in [6, 6.07) is 0. The SMILES string of the molecule is CCCCCC(=O)C1(C(=O)CCCCC)CC(C(=O)O)(C(=O)O)NC1=C1N=CC=C1CC. The quantitative estimate of drug-likeness (QED) is 0.289. The molecule has 3 N–H and O–H groups in total. The largest absolute Gasteiger partial charge is 0.479 e. The van der Waals surface area contributed by atoms with Crippen LogP contribution in [0.5, 0.6) is 0 Å². The number of ketones is 2. The molecule has 0 saturated carbocycles. The maximum atomic E-state index is 13.7. The maximum absolute atomic E-state index is 13.7. The number of rotatable bonds is 13. The van der Waals surface area contributed by atoms with Crippen molar-refractivity contribution in [2.24, 2.45) is 10.4 Å². The summed E-state index contributed by atoms with van der Waals surface area (Å²) >= 11 is 0. The van der Waals surface area contributed by atoms with Gasteiger partial charge in [0.2, 0.25) is 5.54 Å². The topological polar surface area (TPSA) is 133 Å². The molecule has 0 spiro atoms. The molecule has 0 bridgehead atoms. The third kappa shape index (κ3) is 4.54. The van der Waals surface area contributed by atoms with E-state index in [-0.39, 0.29) is 18.5 Å². The molecule has 176 valence electrons. The number of hydrogen-bond acceptors (Lipinski definition) is 6. The molecule has 0 amide bonds. The number of Topliss-reactive ketones (excluding diaryl/α,β-unsaturated/α-hetero) is 2. The highest BCUT2D eigenvalue weighted by molar-refractivity contribution is 6.15. The van der Waals surface area contributed by atoms with Crippen LogP contribution in [-0.4, -0.2) is 45.5 Å². The molecule has 32 heavy (non-hydrogen) atoms. The van der Waals surface area contributed by atoms with Gasteiger partial charge in [-0.25, -0.2) is 9.59 Å². The number of aliphatic carboxylic acids is 2. The highest BCUT2D eigenvalue weighted by Crippen LogP contribution is 2.49. The Bertz CT molecular complexity index is 832. The Hall–Kier alpha value is -2.77. The minimum Gasteiger partial charge on any atom is -0.479 e. The monoisotopic (exact) mass is 446 g/mol. The van der Waals surface area contributed by atoms with E-state index >= 15 is 0 Å². The lowest BCUT2D eigenvalue weighted by molar-refractivity contribution is -0.158. The van der Waals surface area contributed by atoms with Crippen LogP contribution in [-0.2, 0) is 19.2 Å². The van der Waals surface area contributed by atoms with Gasteiger partial charge >= 0.3 is 11.9 Å². The Morgan fingerprint density at radius 1 is 0.938 bits per heavy atom. The van der Waals surface area contributed by atoms with Crippen molar-refractivity contribution in [2.75, 3.05) is 0 Å². The molecule has 0 aliphatic carbocycles. The number of allylic oxidation sites excluding steroid dienone is 3. The summed E-state index contributed by atoms with van der Waals surface area (Å²) in [6.07, 6.45) is 7.73. The molecule has 0 atom stereocenters. The van der Waals surface area contributed by atoms with Gasteiger partial charge < -0.3 is 15.5 Å². The van der Waals surface area contributed by atoms with E-state index in [1.165, 1.54) is 6.21 Å². The van der Waals surface area contributed by atoms with Crippen LogP contribution in [0.4, 0.5) is 0 Å². The van der Waals surface area contributed by atoms with Gasteiger partial charge in [0.15, 0.2) is 11.6 Å². The zero-order valence-corrected chi connectivity index (χ0v) is 19.2.